The van der Waals surface area contributed by atoms with Gasteiger partial charge in [0.15, 0.2) is 0 Å². The zero-order valence-electron chi connectivity index (χ0n) is 13.7. The van der Waals surface area contributed by atoms with Crippen molar-refractivity contribution in [1.29, 1.82) is 0 Å². The fraction of sp³-hybridized carbons (Fsp3) is 0.529. The largest absolute Gasteiger partial charge is 0.390 e. The molecule has 3 rings (SSSR count). The highest BCUT2D eigenvalue weighted by atomic mass is 16.3. The van der Waals surface area contributed by atoms with Crippen LogP contribution >= 0.6 is 0 Å². The Morgan fingerprint density at radius 2 is 1.96 bits per heavy atom. The Morgan fingerprint density at radius 3 is 2.70 bits per heavy atom. The van der Waals surface area contributed by atoms with Crippen molar-refractivity contribution in [3.8, 4) is 5.69 Å². The third kappa shape index (κ3) is 4.60. The second-order valence-electron chi connectivity index (χ2n) is 6.32. The molecule has 1 saturated heterocycles. The van der Waals surface area contributed by atoms with Crippen molar-refractivity contribution >= 4 is 0 Å². The molecule has 124 valence electrons. The van der Waals surface area contributed by atoms with Crippen molar-refractivity contribution in [3.63, 3.8) is 0 Å². The van der Waals surface area contributed by atoms with Gasteiger partial charge in [0.1, 0.15) is 0 Å². The van der Waals surface area contributed by atoms with Crippen LogP contribution in [-0.2, 0) is 6.54 Å². The molecule has 23 heavy (non-hydrogen) atoms. The van der Waals surface area contributed by atoms with Gasteiger partial charge >= 0.3 is 0 Å². The van der Waals surface area contributed by atoms with Crippen LogP contribution in [0.25, 0.3) is 5.69 Å². The van der Waals surface area contributed by atoms with E-state index in [1.807, 2.05) is 37.4 Å². The minimum atomic E-state index is -0.317. The van der Waals surface area contributed by atoms with Crippen molar-refractivity contribution in [3.05, 3.63) is 42.2 Å². The number of aromatic nitrogens is 3. The first kappa shape index (κ1) is 16.1. The number of rotatable bonds is 7. The molecule has 0 amide bonds. The Hall–Kier alpha value is -1.76. The fourth-order valence-electron chi connectivity index (χ4n) is 3.07. The summed E-state index contributed by atoms with van der Waals surface area (Å²) in [5.74, 6) is 0. The van der Waals surface area contributed by atoms with Crippen LogP contribution in [0.5, 0.6) is 0 Å². The average molecular weight is 315 g/mol. The molecule has 1 aromatic heterocycles. The number of β-amino-alcohol motifs (C(OH)–C–C–N with tert-alkyl or cyclic N) is 1. The molecule has 1 fully saturated rings. The predicted octanol–water partition coefficient (Wildman–Crippen LogP) is 1.16. The molecule has 1 aromatic carbocycles. The number of para-hydroxylation sites is 1. The fourth-order valence-corrected chi connectivity index (χ4v) is 3.07. The quantitative estimate of drug-likeness (QED) is 0.831. The molecule has 6 nitrogen and oxygen atoms in total. The highest BCUT2D eigenvalue weighted by molar-refractivity contribution is 5.28. The Labute approximate surface area is 137 Å². The van der Waals surface area contributed by atoms with Crippen molar-refractivity contribution in [2.75, 3.05) is 33.2 Å². The highest BCUT2D eigenvalue weighted by Crippen LogP contribution is 2.09. The average Bonchev–Trinajstić information content (AvgIpc) is 3.20. The Morgan fingerprint density at radius 1 is 1.22 bits per heavy atom. The highest BCUT2D eigenvalue weighted by Gasteiger charge is 2.17. The van der Waals surface area contributed by atoms with Gasteiger partial charge in [-0.25, -0.2) is 0 Å². The van der Waals surface area contributed by atoms with E-state index in [0.29, 0.717) is 13.1 Å². The van der Waals surface area contributed by atoms with Gasteiger partial charge in [-0.1, -0.05) is 18.2 Å². The molecule has 1 N–H and O–H groups in total. The molecular formula is C17H25N5O. The van der Waals surface area contributed by atoms with Crippen molar-refractivity contribution in [1.82, 2.24) is 24.8 Å². The van der Waals surface area contributed by atoms with E-state index in [4.69, 9.17) is 0 Å². The van der Waals surface area contributed by atoms with E-state index < -0.39 is 0 Å². The molecule has 6 heteroatoms. The summed E-state index contributed by atoms with van der Waals surface area (Å²) in [5.41, 5.74) is 1.86. The van der Waals surface area contributed by atoms with Crippen LogP contribution < -0.4 is 0 Å². The lowest BCUT2D eigenvalue weighted by Crippen LogP contribution is -2.37. The molecule has 0 radical (unpaired) electrons. The van der Waals surface area contributed by atoms with Gasteiger partial charge in [-0.3, -0.25) is 4.90 Å². The van der Waals surface area contributed by atoms with Crippen LogP contribution in [0, 0.1) is 0 Å². The van der Waals surface area contributed by atoms with E-state index in [1.54, 1.807) is 11.0 Å². The van der Waals surface area contributed by atoms with Crippen LogP contribution in [0.15, 0.2) is 36.5 Å². The monoisotopic (exact) mass is 315 g/mol. The summed E-state index contributed by atoms with van der Waals surface area (Å²) in [6, 6.07) is 9.88. The van der Waals surface area contributed by atoms with Gasteiger partial charge in [0, 0.05) is 19.6 Å². The SMILES string of the molecule is CN(Cc1cnn(-c2ccccc2)n1)C[C@H](O)CN1CCCC1. The predicted molar refractivity (Wildman–Crippen MR) is 89.4 cm³/mol. The number of benzene rings is 1. The van der Waals surface area contributed by atoms with E-state index in [1.165, 1.54) is 12.8 Å². The number of hydrogen-bond donors (Lipinski definition) is 1. The lowest BCUT2D eigenvalue weighted by Gasteiger charge is -2.23. The molecule has 1 aliphatic rings. The van der Waals surface area contributed by atoms with Crippen LogP contribution in [0.1, 0.15) is 18.5 Å². The molecule has 2 heterocycles. The van der Waals surface area contributed by atoms with Gasteiger partial charge in [0.25, 0.3) is 0 Å². The van der Waals surface area contributed by atoms with Crippen LogP contribution in [0.2, 0.25) is 0 Å². The van der Waals surface area contributed by atoms with E-state index in [-0.39, 0.29) is 6.10 Å². The Bertz CT molecular complexity index is 594. The molecule has 1 aliphatic heterocycles. The van der Waals surface area contributed by atoms with Gasteiger partial charge in [-0.15, -0.1) is 0 Å². The normalized spacial score (nSPS) is 17.0. The summed E-state index contributed by atoms with van der Waals surface area (Å²) in [5, 5.41) is 19.0. The molecule has 1 atom stereocenters. The van der Waals surface area contributed by atoms with Crippen molar-refractivity contribution in [2.45, 2.75) is 25.5 Å². The zero-order valence-corrected chi connectivity index (χ0v) is 13.7. The maximum Gasteiger partial charge on any atom is 0.0971 e. The number of hydrogen-bond acceptors (Lipinski definition) is 5. The Balaban J connectivity index is 1.49. The van der Waals surface area contributed by atoms with Crippen LogP contribution in [0.4, 0.5) is 0 Å². The van der Waals surface area contributed by atoms with E-state index >= 15 is 0 Å². The first-order valence-corrected chi connectivity index (χ1v) is 8.26. The molecule has 0 unspecified atom stereocenters. The summed E-state index contributed by atoms with van der Waals surface area (Å²) in [6.45, 7) is 4.33. The van der Waals surface area contributed by atoms with E-state index in [0.717, 1.165) is 31.0 Å². The molecular weight excluding hydrogens is 290 g/mol. The smallest absolute Gasteiger partial charge is 0.0971 e. The topological polar surface area (TPSA) is 57.4 Å². The summed E-state index contributed by atoms with van der Waals surface area (Å²) in [7, 11) is 2.01. The number of likely N-dealkylation sites (tertiary alicyclic amines) is 1. The van der Waals surface area contributed by atoms with Crippen LogP contribution in [-0.4, -0.2) is 69.2 Å². The minimum Gasteiger partial charge on any atom is -0.390 e. The molecule has 0 saturated carbocycles. The third-order valence-electron chi connectivity index (χ3n) is 4.15. The first-order chi connectivity index (χ1) is 11.2. The second kappa shape index (κ2) is 7.68. The third-order valence-corrected chi connectivity index (χ3v) is 4.15. The second-order valence-corrected chi connectivity index (χ2v) is 6.32. The number of likely N-dealkylation sites (N-methyl/N-ethyl adjacent to an activating group) is 1. The summed E-state index contributed by atoms with van der Waals surface area (Å²) < 4.78 is 0. The van der Waals surface area contributed by atoms with Gasteiger partial charge in [0.2, 0.25) is 0 Å². The maximum absolute atomic E-state index is 10.2. The number of aliphatic hydroxyl groups is 1. The molecule has 2 aromatic rings. The van der Waals surface area contributed by atoms with Gasteiger partial charge in [-0.05, 0) is 45.1 Å². The summed E-state index contributed by atoms with van der Waals surface area (Å²) in [6.07, 6.45) is 3.98. The van der Waals surface area contributed by atoms with E-state index in [9.17, 15) is 5.11 Å². The molecule has 0 aliphatic carbocycles. The summed E-state index contributed by atoms with van der Waals surface area (Å²) in [4.78, 5) is 6.08. The lowest BCUT2D eigenvalue weighted by atomic mass is 10.3. The standard InChI is InChI=1S/C17H25N5O/c1-20(13-17(23)14-21-9-5-6-10-21)12-15-11-18-22(19-15)16-7-3-2-4-8-16/h2-4,7-8,11,17,23H,5-6,9-10,12-14H2,1H3/t17-/m0/s1. The van der Waals surface area contributed by atoms with Gasteiger partial charge < -0.3 is 10.0 Å². The lowest BCUT2D eigenvalue weighted by molar-refractivity contribution is 0.0879. The minimum absolute atomic E-state index is 0.317. The van der Waals surface area contributed by atoms with Crippen molar-refractivity contribution < 1.29 is 5.11 Å². The van der Waals surface area contributed by atoms with E-state index in [2.05, 4.69) is 20.0 Å². The zero-order chi connectivity index (χ0) is 16.1. The first-order valence-electron chi connectivity index (χ1n) is 8.26. The number of aliphatic hydroxyl groups excluding tert-OH is 1. The van der Waals surface area contributed by atoms with Crippen LogP contribution in [0.3, 0.4) is 0 Å². The molecule has 0 bridgehead atoms. The Kier molecular flexibility index (Phi) is 5.38. The van der Waals surface area contributed by atoms with Crippen molar-refractivity contribution in [2.24, 2.45) is 0 Å². The maximum atomic E-state index is 10.2. The van der Waals surface area contributed by atoms with Gasteiger partial charge in [0.05, 0.1) is 23.7 Å². The summed E-state index contributed by atoms with van der Waals surface area (Å²) >= 11 is 0. The van der Waals surface area contributed by atoms with Gasteiger partial charge in [-0.2, -0.15) is 15.0 Å². The molecule has 0 spiro atoms. The number of nitrogens with zero attached hydrogens (tertiary/aromatic N) is 5.